The summed E-state index contributed by atoms with van der Waals surface area (Å²) in [6.07, 6.45) is 1.32. The van der Waals surface area contributed by atoms with E-state index in [1.165, 1.54) is 16.4 Å². The number of aryl methyl sites for hydroxylation is 1. The molecule has 1 aliphatic rings. The summed E-state index contributed by atoms with van der Waals surface area (Å²) in [5.41, 5.74) is 0.604. The van der Waals surface area contributed by atoms with Crippen molar-refractivity contribution in [3.8, 4) is 5.75 Å². The molecule has 6 nitrogen and oxygen atoms in total. The van der Waals surface area contributed by atoms with Crippen molar-refractivity contribution in [1.29, 1.82) is 0 Å². The summed E-state index contributed by atoms with van der Waals surface area (Å²) in [7, 11) is -2.15. The Morgan fingerprint density at radius 2 is 1.82 bits per heavy atom. The predicted molar refractivity (Wildman–Crippen MR) is 146 cm³/mol. The van der Waals surface area contributed by atoms with Gasteiger partial charge in [-0.25, -0.2) is 12.8 Å². The summed E-state index contributed by atoms with van der Waals surface area (Å²) in [6.45, 7) is 2.62. The first-order chi connectivity index (χ1) is 18.1. The second-order valence-corrected chi connectivity index (χ2v) is 12.3. The van der Waals surface area contributed by atoms with Crippen molar-refractivity contribution >= 4 is 27.5 Å². The minimum Gasteiger partial charge on any atom is -0.493 e. The lowest BCUT2D eigenvalue weighted by atomic mass is 9.78. The zero-order chi connectivity index (χ0) is 27.3. The normalized spacial score (nSPS) is 18.2. The van der Waals surface area contributed by atoms with Crippen molar-refractivity contribution in [3.05, 3.63) is 94.8 Å². The molecule has 4 rings (SSSR count). The number of halogens is 2. The molecule has 3 aromatic rings. The van der Waals surface area contributed by atoms with E-state index in [0.717, 1.165) is 11.6 Å². The molecule has 1 fully saturated rings. The lowest BCUT2D eigenvalue weighted by Crippen LogP contribution is -2.50. The smallest absolute Gasteiger partial charge is 0.243 e. The first kappa shape index (κ1) is 28.1. The van der Waals surface area contributed by atoms with Crippen LogP contribution < -0.4 is 4.74 Å². The van der Waals surface area contributed by atoms with Gasteiger partial charge in [0.05, 0.1) is 11.5 Å². The molecular formula is C29H32ClFN2O4S. The molecule has 1 atom stereocenters. The molecule has 1 saturated heterocycles. The Morgan fingerprint density at radius 3 is 2.50 bits per heavy atom. The lowest BCUT2D eigenvalue weighted by molar-refractivity contribution is -0.134. The number of piperidine rings is 1. The third kappa shape index (κ3) is 6.73. The summed E-state index contributed by atoms with van der Waals surface area (Å²) in [4.78, 5) is 15.2. The van der Waals surface area contributed by atoms with Crippen LogP contribution in [-0.2, 0) is 21.4 Å². The highest BCUT2D eigenvalue weighted by Gasteiger charge is 2.43. The molecule has 0 N–H and O–H groups in total. The van der Waals surface area contributed by atoms with Crippen LogP contribution in [0.3, 0.4) is 0 Å². The van der Waals surface area contributed by atoms with Gasteiger partial charge in [0, 0.05) is 43.5 Å². The van der Waals surface area contributed by atoms with E-state index in [1.54, 1.807) is 43.1 Å². The van der Waals surface area contributed by atoms with E-state index in [4.69, 9.17) is 16.3 Å². The van der Waals surface area contributed by atoms with Crippen molar-refractivity contribution in [2.45, 2.75) is 37.6 Å². The van der Waals surface area contributed by atoms with Gasteiger partial charge in [0.25, 0.3) is 0 Å². The van der Waals surface area contributed by atoms with Crippen LogP contribution in [0.2, 0.25) is 5.02 Å². The van der Waals surface area contributed by atoms with Crippen LogP contribution >= 0.6 is 11.6 Å². The average Bonchev–Trinajstić information content (AvgIpc) is 2.89. The van der Waals surface area contributed by atoms with E-state index in [9.17, 15) is 17.6 Å². The molecule has 1 unspecified atom stereocenters. The van der Waals surface area contributed by atoms with Crippen LogP contribution in [0.1, 0.15) is 30.4 Å². The highest BCUT2D eigenvalue weighted by Crippen LogP contribution is 2.38. The molecule has 0 spiro atoms. The van der Waals surface area contributed by atoms with Crippen LogP contribution in [0.25, 0.3) is 0 Å². The molecule has 0 aliphatic carbocycles. The van der Waals surface area contributed by atoms with Crippen LogP contribution in [0.4, 0.5) is 4.39 Å². The standard InChI is InChI=1S/C29H32ClFN2O4S/c1-22-17-25(31)11-14-27(22)38(35,36)33-16-6-15-29(20-33,21-37-26-12-9-24(30)10-13-26)18-28(34)32(2)19-23-7-4-3-5-8-23/h3-5,7-14,17H,6,15-16,18-21H2,1-2H3. The molecule has 38 heavy (non-hydrogen) atoms. The molecule has 9 heteroatoms. The van der Waals surface area contributed by atoms with Crippen molar-refractivity contribution in [2.75, 3.05) is 26.7 Å². The van der Waals surface area contributed by atoms with Gasteiger partial charge in [0.2, 0.25) is 15.9 Å². The molecule has 1 amide bonds. The number of nitrogens with zero attached hydrogens (tertiary/aromatic N) is 2. The Morgan fingerprint density at radius 1 is 1.11 bits per heavy atom. The summed E-state index contributed by atoms with van der Waals surface area (Å²) >= 11 is 6.01. The van der Waals surface area contributed by atoms with Crippen LogP contribution in [0.15, 0.2) is 77.7 Å². The van der Waals surface area contributed by atoms with Crippen molar-refractivity contribution in [1.82, 2.24) is 9.21 Å². The molecule has 202 valence electrons. The van der Waals surface area contributed by atoms with E-state index >= 15 is 0 Å². The van der Waals surface area contributed by atoms with E-state index < -0.39 is 21.3 Å². The van der Waals surface area contributed by atoms with Crippen molar-refractivity contribution in [2.24, 2.45) is 5.41 Å². The van der Waals surface area contributed by atoms with E-state index in [1.807, 2.05) is 30.3 Å². The number of carbonyl (C=O) groups excluding carboxylic acids is 1. The Hall–Kier alpha value is -2.94. The monoisotopic (exact) mass is 558 g/mol. The molecule has 3 aromatic carbocycles. The number of benzene rings is 3. The highest BCUT2D eigenvalue weighted by atomic mass is 35.5. The minimum absolute atomic E-state index is 0.0702. The minimum atomic E-state index is -3.90. The maximum absolute atomic E-state index is 13.7. The quantitative estimate of drug-likeness (QED) is 0.338. The largest absolute Gasteiger partial charge is 0.493 e. The molecule has 1 aliphatic heterocycles. The number of hydrogen-bond donors (Lipinski definition) is 0. The third-order valence-electron chi connectivity index (χ3n) is 6.95. The Labute approximate surface area is 229 Å². The first-order valence-electron chi connectivity index (χ1n) is 12.5. The number of carbonyl (C=O) groups is 1. The molecule has 0 bridgehead atoms. The predicted octanol–water partition coefficient (Wildman–Crippen LogP) is 5.69. The fourth-order valence-corrected chi connectivity index (χ4v) is 6.81. The lowest BCUT2D eigenvalue weighted by Gasteiger charge is -2.42. The zero-order valence-electron chi connectivity index (χ0n) is 21.6. The highest BCUT2D eigenvalue weighted by molar-refractivity contribution is 7.89. The fourth-order valence-electron chi connectivity index (χ4n) is 4.89. The topological polar surface area (TPSA) is 66.9 Å². The molecule has 0 saturated carbocycles. The van der Waals surface area contributed by atoms with Crippen molar-refractivity contribution in [3.63, 3.8) is 0 Å². The van der Waals surface area contributed by atoms with Gasteiger partial charge < -0.3 is 9.64 Å². The zero-order valence-corrected chi connectivity index (χ0v) is 23.1. The Balaban J connectivity index is 1.59. The summed E-state index contributed by atoms with van der Waals surface area (Å²) < 4.78 is 48.5. The maximum atomic E-state index is 13.7. The van der Waals surface area contributed by atoms with Gasteiger partial charge in [-0.05, 0) is 73.4 Å². The van der Waals surface area contributed by atoms with Gasteiger partial charge in [-0.2, -0.15) is 4.31 Å². The van der Waals surface area contributed by atoms with Gasteiger partial charge >= 0.3 is 0 Å². The second kappa shape index (κ2) is 11.8. The van der Waals surface area contributed by atoms with Gasteiger partial charge in [-0.15, -0.1) is 0 Å². The maximum Gasteiger partial charge on any atom is 0.243 e. The number of sulfonamides is 1. The second-order valence-electron chi connectivity index (χ2n) is 10.0. The summed E-state index contributed by atoms with van der Waals surface area (Å²) in [5, 5.41) is 0.578. The Kier molecular flexibility index (Phi) is 8.75. The fraction of sp³-hybridized carbons (Fsp3) is 0.345. The summed E-state index contributed by atoms with van der Waals surface area (Å²) in [5.74, 6) is 0.0110. The number of ether oxygens (including phenoxy) is 1. The van der Waals surface area contributed by atoms with Crippen LogP contribution in [-0.4, -0.2) is 50.3 Å². The van der Waals surface area contributed by atoms with E-state index in [2.05, 4.69) is 0 Å². The van der Waals surface area contributed by atoms with E-state index in [-0.39, 0.29) is 30.4 Å². The van der Waals surface area contributed by atoms with Crippen molar-refractivity contribution < 1.29 is 22.3 Å². The van der Waals surface area contributed by atoms with Crippen LogP contribution in [0.5, 0.6) is 5.75 Å². The van der Waals surface area contributed by atoms with E-state index in [0.29, 0.717) is 42.3 Å². The SMILES string of the molecule is Cc1cc(F)ccc1S(=O)(=O)N1CCCC(COc2ccc(Cl)cc2)(CC(=O)N(C)Cc2ccccc2)C1. The van der Waals surface area contributed by atoms with Gasteiger partial charge in [0.15, 0.2) is 0 Å². The number of hydrogen-bond acceptors (Lipinski definition) is 4. The van der Waals surface area contributed by atoms with Gasteiger partial charge in [0.1, 0.15) is 11.6 Å². The average molecular weight is 559 g/mol. The molecule has 0 radical (unpaired) electrons. The molecular weight excluding hydrogens is 527 g/mol. The third-order valence-corrected chi connectivity index (χ3v) is 9.21. The number of rotatable bonds is 9. The van der Waals surface area contributed by atoms with Gasteiger partial charge in [-0.1, -0.05) is 41.9 Å². The molecule has 1 heterocycles. The summed E-state index contributed by atoms with van der Waals surface area (Å²) in [6, 6.07) is 20.3. The molecule has 0 aromatic heterocycles. The van der Waals surface area contributed by atoms with Gasteiger partial charge in [-0.3, -0.25) is 4.79 Å². The first-order valence-corrected chi connectivity index (χ1v) is 14.3. The number of amides is 1. The Bertz CT molecular complexity index is 1370. The van der Waals surface area contributed by atoms with Crippen LogP contribution in [0, 0.1) is 18.2 Å².